The van der Waals surface area contributed by atoms with E-state index in [1.54, 1.807) is 18.9 Å². The minimum atomic E-state index is -0.954. The second-order valence-corrected chi connectivity index (χ2v) is 7.04. The molecule has 25 heavy (non-hydrogen) atoms. The molecule has 1 aliphatic heterocycles. The maximum absolute atomic E-state index is 12.7. The van der Waals surface area contributed by atoms with Crippen LogP contribution in [0.25, 0.3) is 0 Å². The standard InChI is InChI=1S/C19H26N2O4/c1-12(2)14-5-7-15(8-6-14)21-10-9-16(18(21)23)17(22)20(4)11-13(3)19(24)25/h5-8,12-13,16H,9-11H2,1-4H3,(H,24,25). The predicted octanol–water partition coefficient (Wildman–Crippen LogP) is 2.34. The molecular formula is C19H26N2O4. The van der Waals surface area contributed by atoms with Crippen LogP contribution in [0.5, 0.6) is 0 Å². The summed E-state index contributed by atoms with van der Waals surface area (Å²) in [5, 5.41) is 8.97. The Morgan fingerprint density at radius 2 is 1.84 bits per heavy atom. The second kappa shape index (κ2) is 7.68. The lowest BCUT2D eigenvalue weighted by Crippen LogP contribution is -2.40. The van der Waals surface area contributed by atoms with Crippen molar-refractivity contribution in [2.75, 3.05) is 25.0 Å². The van der Waals surface area contributed by atoms with Gasteiger partial charge in [0, 0.05) is 25.8 Å². The van der Waals surface area contributed by atoms with Crippen molar-refractivity contribution in [1.82, 2.24) is 4.90 Å². The number of amides is 2. The number of rotatable bonds is 6. The number of carbonyl (C=O) groups excluding carboxylic acids is 2. The third kappa shape index (κ3) is 4.18. The van der Waals surface area contributed by atoms with E-state index in [0.717, 1.165) is 5.69 Å². The molecule has 2 amide bonds. The van der Waals surface area contributed by atoms with E-state index in [1.807, 2.05) is 24.3 Å². The summed E-state index contributed by atoms with van der Waals surface area (Å²) >= 11 is 0. The van der Waals surface area contributed by atoms with E-state index in [4.69, 9.17) is 5.11 Å². The second-order valence-electron chi connectivity index (χ2n) is 7.04. The molecule has 0 bridgehead atoms. The molecule has 1 aromatic carbocycles. The Kier molecular flexibility index (Phi) is 5.82. The van der Waals surface area contributed by atoms with Crippen LogP contribution in [0, 0.1) is 11.8 Å². The van der Waals surface area contributed by atoms with Crippen molar-refractivity contribution in [3.8, 4) is 0 Å². The Bertz CT molecular complexity index is 654. The fourth-order valence-electron chi connectivity index (χ4n) is 3.05. The largest absolute Gasteiger partial charge is 0.481 e. The molecular weight excluding hydrogens is 320 g/mol. The van der Waals surface area contributed by atoms with Crippen molar-refractivity contribution in [1.29, 1.82) is 0 Å². The average Bonchev–Trinajstić information content (AvgIpc) is 2.95. The minimum Gasteiger partial charge on any atom is -0.481 e. The predicted molar refractivity (Wildman–Crippen MR) is 95.4 cm³/mol. The van der Waals surface area contributed by atoms with Gasteiger partial charge in [-0.15, -0.1) is 0 Å². The van der Waals surface area contributed by atoms with Gasteiger partial charge in [-0.1, -0.05) is 32.9 Å². The zero-order valence-electron chi connectivity index (χ0n) is 15.2. The van der Waals surface area contributed by atoms with Crippen LogP contribution < -0.4 is 4.90 Å². The number of hydrogen-bond donors (Lipinski definition) is 1. The SMILES string of the molecule is CC(CN(C)C(=O)C1CCN(c2ccc(C(C)C)cc2)C1=O)C(=O)O. The van der Waals surface area contributed by atoms with Crippen LogP contribution in [0.4, 0.5) is 5.69 Å². The highest BCUT2D eigenvalue weighted by molar-refractivity contribution is 6.09. The van der Waals surface area contributed by atoms with Crippen molar-refractivity contribution in [3.05, 3.63) is 29.8 Å². The van der Waals surface area contributed by atoms with E-state index >= 15 is 0 Å². The van der Waals surface area contributed by atoms with Gasteiger partial charge < -0.3 is 14.9 Å². The summed E-state index contributed by atoms with van der Waals surface area (Å²) in [5.74, 6) is -2.44. The van der Waals surface area contributed by atoms with Gasteiger partial charge in [-0.25, -0.2) is 0 Å². The van der Waals surface area contributed by atoms with Crippen LogP contribution in [0.3, 0.4) is 0 Å². The quantitative estimate of drug-likeness (QED) is 0.802. The van der Waals surface area contributed by atoms with E-state index in [-0.39, 0.29) is 18.4 Å². The van der Waals surface area contributed by atoms with Crippen LogP contribution in [-0.2, 0) is 14.4 Å². The summed E-state index contributed by atoms with van der Waals surface area (Å²) in [4.78, 5) is 39.1. The van der Waals surface area contributed by atoms with Gasteiger partial charge in [-0.2, -0.15) is 0 Å². The van der Waals surface area contributed by atoms with Crippen molar-refractivity contribution in [3.63, 3.8) is 0 Å². The molecule has 1 fully saturated rings. The molecule has 0 aliphatic carbocycles. The molecule has 0 saturated carbocycles. The molecule has 136 valence electrons. The van der Waals surface area contributed by atoms with Gasteiger partial charge in [-0.3, -0.25) is 14.4 Å². The number of nitrogens with zero attached hydrogens (tertiary/aromatic N) is 2. The highest BCUT2D eigenvalue weighted by Crippen LogP contribution is 2.28. The summed E-state index contributed by atoms with van der Waals surface area (Å²) in [5.41, 5.74) is 2.00. The fraction of sp³-hybridized carbons (Fsp3) is 0.526. The topological polar surface area (TPSA) is 77.9 Å². The van der Waals surface area contributed by atoms with Gasteiger partial charge in [-0.05, 0) is 30.0 Å². The summed E-state index contributed by atoms with van der Waals surface area (Å²) < 4.78 is 0. The van der Waals surface area contributed by atoms with Crippen LogP contribution in [-0.4, -0.2) is 47.9 Å². The van der Waals surface area contributed by atoms with Crippen molar-refractivity contribution >= 4 is 23.5 Å². The molecule has 1 N–H and O–H groups in total. The van der Waals surface area contributed by atoms with E-state index in [1.165, 1.54) is 10.5 Å². The highest BCUT2D eigenvalue weighted by Gasteiger charge is 2.39. The summed E-state index contributed by atoms with van der Waals surface area (Å²) in [7, 11) is 1.55. The first-order valence-corrected chi connectivity index (χ1v) is 8.61. The zero-order chi connectivity index (χ0) is 18.7. The third-order valence-corrected chi connectivity index (χ3v) is 4.72. The van der Waals surface area contributed by atoms with Crippen molar-refractivity contribution < 1.29 is 19.5 Å². The maximum Gasteiger partial charge on any atom is 0.308 e. The number of carboxylic acids is 1. The highest BCUT2D eigenvalue weighted by atomic mass is 16.4. The van der Waals surface area contributed by atoms with Crippen molar-refractivity contribution in [2.45, 2.75) is 33.1 Å². The molecule has 6 heteroatoms. The summed E-state index contributed by atoms with van der Waals surface area (Å²) in [6.45, 7) is 6.36. The zero-order valence-corrected chi connectivity index (χ0v) is 15.2. The Balaban J connectivity index is 2.05. The van der Waals surface area contributed by atoms with Gasteiger partial charge >= 0.3 is 5.97 Å². The molecule has 1 heterocycles. The van der Waals surface area contributed by atoms with Crippen LogP contribution in [0.15, 0.2) is 24.3 Å². The number of carboxylic acid groups (broad SMARTS) is 1. The average molecular weight is 346 g/mol. The lowest BCUT2D eigenvalue weighted by Gasteiger charge is -2.23. The molecule has 0 aromatic heterocycles. The normalized spacial score (nSPS) is 18.5. The van der Waals surface area contributed by atoms with Crippen LogP contribution in [0.2, 0.25) is 0 Å². The van der Waals surface area contributed by atoms with Gasteiger partial charge in [0.15, 0.2) is 0 Å². The van der Waals surface area contributed by atoms with E-state index in [9.17, 15) is 14.4 Å². The lowest BCUT2D eigenvalue weighted by atomic mass is 10.0. The fourth-order valence-corrected chi connectivity index (χ4v) is 3.05. The first-order chi connectivity index (χ1) is 11.7. The molecule has 0 spiro atoms. The van der Waals surface area contributed by atoms with E-state index in [0.29, 0.717) is 18.9 Å². The first kappa shape index (κ1) is 19.0. The van der Waals surface area contributed by atoms with Gasteiger partial charge in [0.25, 0.3) is 0 Å². The van der Waals surface area contributed by atoms with Gasteiger partial charge in [0.05, 0.1) is 5.92 Å². The van der Waals surface area contributed by atoms with Crippen LogP contribution in [0.1, 0.15) is 38.7 Å². The van der Waals surface area contributed by atoms with Gasteiger partial charge in [0.2, 0.25) is 11.8 Å². The van der Waals surface area contributed by atoms with Crippen LogP contribution >= 0.6 is 0 Å². The monoisotopic (exact) mass is 346 g/mol. The lowest BCUT2D eigenvalue weighted by molar-refractivity contribution is -0.143. The number of aliphatic carboxylic acids is 1. The van der Waals surface area contributed by atoms with E-state index < -0.39 is 17.8 Å². The number of carbonyl (C=O) groups is 3. The Labute approximate surface area is 148 Å². The molecule has 1 aliphatic rings. The molecule has 2 unspecified atom stereocenters. The van der Waals surface area contributed by atoms with E-state index in [2.05, 4.69) is 13.8 Å². The Hall–Kier alpha value is -2.37. The number of anilines is 1. The molecule has 1 aromatic rings. The molecule has 6 nitrogen and oxygen atoms in total. The number of hydrogen-bond acceptors (Lipinski definition) is 3. The third-order valence-electron chi connectivity index (χ3n) is 4.72. The molecule has 2 atom stereocenters. The summed E-state index contributed by atoms with van der Waals surface area (Å²) in [6.07, 6.45) is 0.454. The molecule has 1 saturated heterocycles. The van der Waals surface area contributed by atoms with Crippen molar-refractivity contribution in [2.24, 2.45) is 11.8 Å². The maximum atomic E-state index is 12.7. The molecule has 2 rings (SSSR count). The smallest absolute Gasteiger partial charge is 0.308 e. The first-order valence-electron chi connectivity index (χ1n) is 8.61. The molecule has 0 radical (unpaired) electrons. The Morgan fingerprint density at radius 3 is 2.36 bits per heavy atom. The Morgan fingerprint density at radius 1 is 1.24 bits per heavy atom. The minimum absolute atomic E-state index is 0.0982. The number of benzene rings is 1. The summed E-state index contributed by atoms with van der Waals surface area (Å²) in [6, 6.07) is 7.83. The van der Waals surface area contributed by atoms with Gasteiger partial charge in [0.1, 0.15) is 5.92 Å².